The number of nitrogens with one attached hydrogen (secondary N) is 1. The van der Waals surface area contributed by atoms with Crippen LogP contribution in [0.4, 0.5) is 5.95 Å². The van der Waals surface area contributed by atoms with Crippen molar-refractivity contribution in [2.24, 2.45) is 0 Å². The van der Waals surface area contributed by atoms with Crippen LogP contribution in [0.2, 0.25) is 0 Å². The van der Waals surface area contributed by atoms with Crippen LogP contribution in [-0.2, 0) is 0 Å². The highest BCUT2D eigenvalue weighted by atomic mass is 79.9. The van der Waals surface area contributed by atoms with Crippen LogP contribution in [0.15, 0.2) is 47.5 Å². The van der Waals surface area contributed by atoms with E-state index in [0.29, 0.717) is 5.69 Å². The van der Waals surface area contributed by atoms with Crippen molar-refractivity contribution in [3.63, 3.8) is 0 Å². The molecule has 0 saturated carbocycles. The number of aromatic nitrogens is 4. The molecule has 0 atom stereocenters. The first-order chi connectivity index (χ1) is 12.7. The molecule has 0 bridgehead atoms. The third-order valence-corrected chi connectivity index (χ3v) is 4.93. The molecule has 1 aliphatic heterocycles. The molecule has 26 heavy (non-hydrogen) atoms. The normalized spacial score (nSPS) is 15.2. The molecule has 7 nitrogen and oxygen atoms in total. The van der Waals surface area contributed by atoms with E-state index < -0.39 is 0 Å². The van der Waals surface area contributed by atoms with E-state index in [-0.39, 0.29) is 11.9 Å². The fourth-order valence-corrected chi connectivity index (χ4v) is 3.43. The zero-order valence-corrected chi connectivity index (χ0v) is 15.6. The minimum atomic E-state index is -0.177. The molecular weight excluding hydrogens is 396 g/mol. The molecule has 1 N–H and O–H groups in total. The Kier molecular flexibility index (Phi) is 4.75. The summed E-state index contributed by atoms with van der Waals surface area (Å²) in [7, 11) is 0. The first-order valence-electron chi connectivity index (χ1n) is 8.43. The second kappa shape index (κ2) is 7.33. The summed E-state index contributed by atoms with van der Waals surface area (Å²) in [6.07, 6.45) is 8.09. The number of halogens is 1. The Morgan fingerprint density at radius 2 is 2.00 bits per heavy atom. The second-order valence-corrected chi connectivity index (χ2v) is 7.11. The van der Waals surface area contributed by atoms with Crippen molar-refractivity contribution in [2.75, 3.05) is 18.0 Å². The Hall–Kier alpha value is -2.61. The number of rotatable bonds is 3. The summed E-state index contributed by atoms with van der Waals surface area (Å²) in [5, 5.41) is 4.04. The number of amides is 1. The molecule has 132 valence electrons. The first-order valence-corrected chi connectivity index (χ1v) is 9.22. The largest absolute Gasteiger partial charge is 0.348 e. The number of piperidine rings is 1. The van der Waals surface area contributed by atoms with Crippen LogP contribution in [0.25, 0.3) is 10.9 Å². The van der Waals surface area contributed by atoms with Crippen LogP contribution in [-0.4, -0.2) is 45.0 Å². The minimum absolute atomic E-state index is 0.122. The van der Waals surface area contributed by atoms with Gasteiger partial charge in [0.1, 0.15) is 5.69 Å². The van der Waals surface area contributed by atoms with E-state index in [0.717, 1.165) is 47.3 Å². The number of carbonyl (C=O) groups excluding carboxylic acids is 1. The molecule has 3 aromatic rings. The van der Waals surface area contributed by atoms with Crippen molar-refractivity contribution in [3.8, 4) is 0 Å². The minimum Gasteiger partial charge on any atom is -0.348 e. The van der Waals surface area contributed by atoms with Crippen LogP contribution >= 0.6 is 15.9 Å². The lowest BCUT2D eigenvalue weighted by molar-refractivity contribution is 0.0925. The summed E-state index contributed by atoms with van der Waals surface area (Å²) in [6.45, 7) is 1.60. The molecule has 0 spiro atoms. The number of nitrogens with zero attached hydrogens (tertiary/aromatic N) is 5. The fraction of sp³-hybridized carbons (Fsp3) is 0.278. The van der Waals surface area contributed by atoms with Gasteiger partial charge in [0.2, 0.25) is 5.95 Å². The van der Waals surface area contributed by atoms with Gasteiger partial charge < -0.3 is 10.2 Å². The Labute approximate surface area is 159 Å². The molecule has 1 amide bonds. The molecule has 0 unspecified atom stereocenters. The lowest BCUT2D eigenvalue weighted by Crippen LogP contribution is -2.45. The van der Waals surface area contributed by atoms with Gasteiger partial charge in [-0.1, -0.05) is 15.9 Å². The molecule has 3 heterocycles. The first kappa shape index (κ1) is 16.8. The Balaban J connectivity index is 1.39. The summed E-state index contributed by atoms with van der Waals surface area (Å²) in [4.78, 5) is 31.5. The molecule has 0 radical (unpaired) electrons. The maximum atomic E-state index is 12.2. The summed E-state index contributed by atoms with van der Waals surface area (Å²) in [5.74, 6) is 0.558. The Bertz CT molecular complexity index is 927. The van der Waals surface area contributed by atoms with Gasteiger partial charge >= 0.3 is 0 Å². The number of fused-ring (bicyclic) bond motifs is 1. The molecule has 0 aliphatic carbocycles. The van der Waals surface area contributed by atoms with Crippen molar-refractivity contribution in [3.05, 3.63) is 53.2 Å². The smallest absolute Gasteiger partial charge is 0.271 e. The van der Waals surface area contributed by atoms with E-state index in [2.05, 4.69) is 46.1 Å². The lowest BCUT2D eigenvalue weighted by Gasteiger charge is -2.32. The quantitative estimate of drug-likeness (QED) is 0.711. The van der Waals surface area contributed by atoms with Crippen molar-refractivity contribution in [2.45, 2.75) is 18.9 Å². The third kappa shape index (κ3) is 3.65. The molecule has 1 saturated heterocycles. The van der Waals surface area contributed by atoms with E-state index in [4.69, 9.17) is 0 Å². The van der Waals surface area contributed by atoms with Gasteiger partial charge in [-0.2, -0.15) is 0 Å². The highest BCUT2D eigenvalue weighted by molar-refractivity contribution is 9.10. The molecule has 8 heteroatoms. The Morgan fingerprint density at radius 3 is 2.77 bits per heavy atom. The Morgan fingerprint density at radius 1 is 1.15 bits per heavy atom. The van der Waals surface area contributed by atoms with Gasteiger partial charge in [0, 0.05) is 47.6 Å². The number of hydrogen-bond acceptors (Lipinski definition) is 6. The predicted molar refractivity (Wildman–Crippen MR) is 102 cm³/mol. The monoisotopic (exact) mass is 412 g/mol. The molecule has 4 rings (SSSR count). The van der Waals surface area contributed by atoms with Crippen molar-refractivity contribution in [1.82, 2.24) is 25.3 Å². The summed E-state index contributed by atoms with van der Waals surface area (Å²) in [5.41, 5.74) is 1.27. The highest BCUT2D eigenvalue weighted by Crippen LogP contribution is 2.22. The predicted octanol–water partition coefficient (Wildman–Crippen LogP) is 2.58. The van der Waals surface area contributed by atoms with Crippen molar-refractivity contribution >= 4 is 38.7 Å². The van der Waals surface area contributed by atoms with Gasteiger partial charge in [-0.15, -0.1) is 0 Å². The second-order valence-electron chi connectivity index (χ2n) is 6.20. The van der Waals surface area contributed by atoms with E-state index in [9.17, 15) is 4.79 Å². The van der Waals surface area contributed by atoms with E-state index in [1.165, 1.54) is 12.4 Å². The van der Waals surface area contributed by atoms with E-state index in [1.807, 2.05) is 24.4 Å². The zero-order valence-electron chi connectivity index (χ0n) is 14.0. The lowest BCUT2D eigenvalue weighted by atomic mass is 10.1. The van der Waals surface area contributed by atoms with Crippen LogP contribution in [0.1, 0.15) is 23.3 Å². The standard InChI is InChI=1S/C18H17BrN6O/c19-13-1-2-15-12(9-13)10-22-18(24-15)25-7-3-14(4-8-25)23-17(26)16-11-20-5-6-21-16/h1-2,5-6,9-11,14H,3-4,7-8H2,(H,23,26). The number of anilines is 1. The van der Waals surface area contributed by atoms with Gasteiger partial charge in [0.15, 0.2) is 0 Å². The van der Waals surface area contributed by atoms with Crippen LogP contribution in [0, 0.1) is 0 Å². The molecule has 1 aliphatic rings. The van der Waals surface area contributed by atoms with Crippen molar-refractivity contribution < 1.29 is 4.79 Å². The van der Waals surface area contributed by atoms with Gasteiger partial charge in [-0.3, -0.25) is 9.78 Å². The SMILES string of the molecule is O=C(NC1CCN(c2ncc3cc(Br)ccc3n2)CC1)c1cnccn1. The molecule has 1 fully saturated rings. The average Bonchev–Trinajstić information content (AvgIpc) is 2.69. The zero-order chi connectivity index (χ0) is 17.9. The molecule has 2 aromatic heterocycles. The van der Waals surface area contributed by atoms with Crippen LogP contribution < -0.4 is 10.2 Å². The van der Waals surface area contributed by atoms with Gasteiger partial charge in [0.05, 0.1) is 11.7 Å². The van der Waals surface area contributed by atoms with E-state index in [1.54, 1.807) is 6.20 Å². The van der Waals surface area contributed by atoms with Gasteiger partial charge in [-0.25, -0.2) is 15.0 Å². The highest BCUT2D eigenvalue weighted by Gasteiger charge is 2.23. The summed E-state index contributed by atoms with van der Waals surface area (Å²) in [6, 6.07) is 6.09. The van der Waals surface area contributed by atoms with Gasteiger partial charge in [-0.05, 0) is 31.0 Å². The average molecular weight is 413 g/mol. The fourth-order valence-electron chi connectivity index (χ4n) is 3.05. The topological polar surface area (TPSA) is 83.9 Å². The maximum absolute atomic E-state index is 12.2. The van der Waals surface area contributed by atoms with Crippen LogP contribution in [0.3, 0.4) is 0 Å². The summed E-state index contributed by atoms with van der Waals surface area (Å²) >= 11 is 3.46. The molecule has 1 aromatic carbocycles. The number of benzene rings is 1. The number of carbonyl (C=O) groups is 1. The van der Waals surface area contributed by atoms with Crippen LogP contribution in [0.5, 0.6) is 0 Å². The summed E-state index contributed by atoms with van der Waals surface area (Å²) < 4.78 is 1.01. The molecular formula is C18H17BrN6O. The maximum Gasteiger partial charge on any atom is 0.271 e. The number of hydrogen-bond donors (Lipinski definition) is 1. The van der Waals surface area contributed by atoms with E-state index >= 15 is 0 Å². The van der Waals surface area contributed by atoms with Crippen molar-refractivity contribution in [1.29, 1.82) is 0 Å². The third-order valence-electron chi connectivity index (χ3n) is 4.44. The van der Waals surface area contributed by atoms with Gasteiger partial charge in [0.25, 0.3) is 5.91 Å².